The quantitative estimate of drug-likeness (QED) is 0.728. The van der Waals surface area contributed by atoms with E-state index in [4.69, 9.17) is 5.73 Å². The lowest BCUT2D eigenvalue weighted by molar-refractivity contribution is 0.263. The molecule has 6 nitrogen and oxygen atoms in total. The van der Waals surface area contributed by atoms with Crippen molar-refractivity contribution in [2.75, 3.05) is 37.3 Å². The molecule has 1 fully saturated rings. The average molecular weight is 264 g/mol. The van der Waals surface area contributed by atoms with Crippen LogP contribution in [0.5, 0.6) is 0 Å². The highest BCUT2D eigenvalue weighted by Crippen LogP contribution is 2.16. The van der Waals surface area contributed by atoms with E-state index in [9.17, 15) is 0 Å². The third-order valence-corrected chi connectivity index (χ3v) is 3.49. The third kappa shape index (κ3) is 4.33. The minimum Gasteiger partial charge on any atom is -0.367 e. The SMILES string of the molecule is CC(CN)Nc1cc(NC2CCN(C)CC2)ncn1. The summed E-state index contributed by atoms with van der Waals surface area (Å²) in [6, 6.07) is 2.67. The molecule has 0 aliphatic carbocycles. The molecule has 1 aliphatic heterocycles. The topological polar surface area (TPSA) is 79.1 Å². The summed E-state index contributed by atoms with van der Waals surface area (Å²) in [5.41, 5.74) is 5.59. The van der Waals surface area contributed by atoms with Crippen LogP contribution in [0.4, 0.5) is 11.6 Å². The van der Waals surface area contributed by atoms with Gasteiger partial charge in [-0.05, 0) is 39.9 Å². The highest BCUT2D eigenvalue weighted by Gasteiger charge is 2.16. The first-order valence-corrected chi connectivity index (χ1v) is 6.91. The predicted molar refractivity (Wildman–Crippen MR) is 78.3 cm³/mol. The van der Waals surface area contributed by atoms with Crippen molar-refractivity contribution in [2.24, 2.45) is 5.73 Å². The molecule has 0 amide bonds. The number of nitrogens with two attached hydrogens (primary N) is 1. The van der Waals surface area contributed by atoms with Crippen molar-refractivity contribution in [2.45, 2.75) is 31.8 Å². The maximum Gasteiger partial charge on any atom is 0.131 e. The molecule has 0 aromatic carbocycles. The molecular formula is C13H24N6. The van der Waals surface area contributed by atoms with Gasteiger partial charge in [-0.15, -0.1) is 0 Å². The van der Waals surface area contributed by atoms with Gasteiger partial charge in [0.1, 0.15) is 18.0 Å². The Kier molecular flexibility index (Phi) is 4.93. The number of aromatic nitrogens is 2. The van der Waals surface area contributed by atoms with Crippen molar-refractivity contribution in [3.8, 4) is 0 Å². The van der Waals surface area contributed by atoms with E-state index in [1.807, 2.05) is 13.0 Å². The zero-order chi connectivity index (χ0) is 13.7. The zero-order valence-electron chi connectivity index (χ0n) is 11.8. The Morgan fingerprint density at radius 3 is 2.74 bits per heavy atom. The third-order valence-electron chi connectivity index (χ3n) is 3.49. The Labute approximate surface area is 114 Å². The van der Waals surface area contributed by atoms with Crippen molar-refractivity contribution >= 4 is 11.6 Å². The monoisotopic (exact) mass is 264 g/mol. The molecule has 0 radical (unpaired) electrons. The number of hydrogen-bond donors (Lipinski definition) is 3. The van der Waals surface area contributed by atoms with Crippen LogP contribution in [-0.2, 0) is 0 Å². The highest BCUT2D eigenvalue weighted by atomic mass is 15.1. The van der Waals surface area contributed by atoms with E-state index in [0.717, 1.165) is 37.6 Å². The molecule has 0 bridgehead atoms. The summed E-state index contributed by atoms with van der Waals surface area (Å²) in [5.74, 6) is 1.71. The molecule has 1 aromatic heterocycles. The maximum atomic E-state index is 5.59. The molecule has 106 valence electrons. The number of nitrogens with zero attached hydrogens (tertiary/aromatic N) is 3. The van der Waals surface area contributed by atoms with Crippen molar-refractivity contribution < 1.29 is 0 Å². The number of piperidine rings is 1. The van der Waals surface area contributed by atoms with Gasteiger partial charge in [0.15, 0.2) is 0 Å². The first-order chi connectivity index (χ1) is 9.17. The zero-order valence-corrected chi connectivity index (χ0v) is 11.8. The molecule has 1 aliphatic rings. The van der Waals surface area contributed by atoms with Crippen molar-refractivity contribution in [3.05, 3.63) is 12.4 Å². The Bertz CT molecular complexity index is 388. The Morgan fingerprint density at radius 1 is 1.37 bits per heavy atom. The van der Waals surface area contributed by atoms with Gasteiger partial charge in [0.25, 0.3) is 0 Å². The van der Waals surface area contributed by atoms with Gasteiger partial charge >= 0.3 is 0 Å². The lowest BCUT2D eigenvalue weighted by atomic mass is 10.1. The minimum absolute atomic E-state index is 0.214. The Balaban J connectivity index is 1.91. The van der Waals surface area contributed by atoms with Gasteiger partial charge in [-0.2, -0.15) is 0 Å². The number of hydrogen-bond acceptors (Lipinski definition) is 6. The first-order valence-electron chi connectivity index (χ1n) is 6.91. The van der Waals surface area contributed by atoms with Gasteiger partial charge in [0.2, 0.25) is 0 Å². The number of rotatable bonds is 5. The van der Waals surface area contributed by atoms with E-state index in [2.05, 4.69) is 32.5 Å². The highest BCUT2D eigenvalue weighted by molar-refractivity contribution is 5.47. The van der Waals surface area contributed by atoms with Crippen LogP contribution in [0.3, 0.4) is 0 Å². The number of nitrogens with one attached hydrogen (secondary N) is 2. The molecule has 0 saturated carbocycles. The lowest BCUT2D eigenvalue weighted by Crippen LogP contribution is -2.36. The fourth-order valence-electron chi connectivity index (χ4n) is 2.19. The van der Waals surface area contributed by atoms with Gasteiger partial charge < -0.3 is 21.3 Å². The maximum absolute atomic E-state index is 5.59. The summed E-state index contributed by atoms with van der Waals surface area (Å²) in [5, 5.41) is 6.74. The van der Waals surface area contributed by atoms with E-state index in [1.54, 1.807) is 6.33 Å². The summed E-state index contributed by atoms with van der Waals surface area (Å²) in [6.07, 6.45) is 3.90. The molecule has 1 unspecified atom stereocenters. The van der Waals surface area contributed by atoms with Gasteiger partial charge in [0.05, 0.1) is 0 Å². The average Bonchev–Trinajstić information content (AvgIpc) is 2.42. The fourth-order valence-corrected chi connectivity index (χ4v) is 2.19. The summed E-state index contributed by atoms with van der Waals surface area (Å²) in [7, 11) is 2.16. The van der Waals surface area contributed by atoms with Crippen LogP contribution in [0.15, 0.2) is 12.4 Å². The molecule has 2 rings (SSSR count). The number of likely N-dealkylation sites (tertiary alicyclic amines) is 1. The molecule has 2 heterocycles. The Hall–Kier alpha value is -1.40. The van der Waals surface area contributed by atoms with E-state index < -0.39 is 0 Å². The van der Waals surface area contributed by atoms with E-state index in [1.165, 1.54) is 0 Å². The minimum atomic E-state index is 0.214. The van der Waals surface area contributed by atoms with Crippen LogP contribution in [0, 0.1) is 0 Å². The van der Waals surface area contributed by atoms with Crippen LogP contribution < -0.4 is 16.4 Å². The van der Waals surface area contributed by atoms with Gasteiger partial charge in [0, 0.05) is 24.7 Å². The molecule has 1 atom stereocenters. The second-order valence-corrected chi connectivity index (χ2v) is 5.29. The van der Waals surface area contributed by atoms with Gasteiger partial charge in [-0.25, -0.2) is 9.97 Å². The van der Waals surface area contributed by atoms with Crippen molar-refractivity contribution in [1.29, 1.82) is 0 Å². The smallest absolute Gasteiger partial charge is 0.131 e. The standard InChI is InChI=1S/C13H24N6/c1-10(8-14)17-12-7-13(16-9-15-12)18-11-3-5-19(2)6-4-11/h7,9-11H,3-6,8,14H2,1-2H3,(H2,15,16,17,18). The molecule has 1 aromatic rings. The van der Waals surface area contributed by atoms with E-state index in [0.29, 0.717) is 12.6 Å². The first kappa shape index (κ1) is 14.0. The summed E-state index contributed by atoms with van der Waals surface area (Å²) in [4.78, 5) is 10.8. The van der Waals surface area contributed by atoms with Crippen molar-refractivity contribution in [1.82, 2.24) is 14.9 Å². The molecule has 4 N–H and O–H groups in total. The lowest BCUT2D eigenvalue weighted by Gasteiger charge is -2.29. The second-order valence-electron chi connectivity index (χ2n) is 5.29. The molecular weight excluding hydrogens is 240 g/mol. The predicted octanol–water partition coefficient (Wildman–Crippen LogP) is 0.742. The van der Waals surface area contributed by atoms with Crippen LogP contribution in [-0.4, -0.2) is 53.6 Å². The summed E-state index contributed by atoms with van der Waals surface area (Å²) in [6.45, 7) is 4.89. The second kappa shape index (κ2) is 6.68. The molecule has 19 heavy (non-hydrogen) atoms. The van der Waals surface area contributed by atoms with Crippen molar-refractivity contribution in [3.63, 3.8) is 0 Å². The van der Waals surface area contributed by atoms with Gasteiger partial charge in [-0.1, -0.05) is 0 Å². The molecule has 0 spiro atoms. The van der Waals surface area contributed by atoms with E-state index in [-0.39, 0.29) is 6.04 Å². The van der Waals surface area contributed by atoms with Crippen LogP contribution >= 0.6 is 0 Å². The van der Waals surface area contributed by atoms with E-state index >= 15 is 0 Å². The van der Waals surface area contributed by atoms with Crippen LogP contribution in [0.2, 0.25) is 0 Å². The van der Waals surface area contributed by atoms with Gasteiger partial charge in [-0.3, -0.25) is 0 Å². The van der Waals surface area contributed by atoms with Crippen LogP contribution in [0.1, 0.15) is 19.8 Å². The Morgan fingerprint density at radius 2 is 2.05 bits per heavy atom. The summed E-state index contributed by atoms with van der Waals surface area (Å²) < 4.78 is 0. The number of anilines is 2. The molecule has 6 heteroatoms. The largest absolute Gasteiger partial charge is 0.367 e. The summed E-state index contributed by atoms with van der Waals surface area (Å²) >= 11 is 0. The molecule has 1 saturated heterocycles. The fraction of sp³-hybridized carbons (Fsp3) is 0.692. The normalized spacial score (nSPS) is 19.1. The van der Waals surface area contributed by atoms with Crippen LogP contribution in [0.25, 0.3) is 0 Å².